The number of halogens is 4. The molecule has 6 aromatic heterocycles. The van der Waals surface area contributed by atoms with Crippen molar-refractivity contribution >= 4 is 46.4 Å². The fourth-order valence-electron chi connectivity index (χ4n) is 4.98. The Morgan fingerprint density at radius 3 is 0.761 bits per heavy atom. The standard InChI is InChI=1S/C36H20Cl4N6/c37-33-9-1-5-25(43-33)29-17-23(18-30(41-29)26-6-2-10-34(38)44-26)21-13-15-22(16-14-21)24-19-31(27-7-3-11-35(39)45-27)42-32(20-24)28-8-4-12-36(40)46-28/h1-20H. The highest BCUT2D eigenvalue weighted by Crippen LogP contribution is 2.34. The zero-order valence-corrected chi connectivity index (χ0v) is 26.8. The fourth-order valence-corrected chi connectivity index (χ4v) is 5.63. The summed E-state index contributed by atoms with van der Waals surface area (Å²) in [6.45, 7) is 0. The molecule has 6 heterocycles. The van der Waals surface area contributed by atoms with Crippen LogP contribution in [0.2, 0.25) is 20.6 Å². The molecule has 7 aromatic rings. The minimum absolute atomic E-state index is 0.383. The van der Waals surface area contributed by atoms with Crippen LogP contribution in [0.4, 0.5) is 0 Å². The molecule has 0 radical (unpaired) electrons. The van der Waals surface area contributed by atoms with Gasteiger partial charge in [-0.25, -0.2) is 29.9 Å². The van der Waals surface area contributed by atoms with Gasteiger partial charge < -0.3 is 0 Å². The zero-order chi connectivity index (χ0) is 31.6. The Bertz CT molecular complexity index is 1940. The number of pyridine rings is 6. The van der Waals surface area contributed by atoms with Crippen molar-refractivity contribution in [3.05, 3.63) is 142 Å². The first-order chi connectivity index (χ1) is 22.4. The molecule has 0 N–H and O–H groups in total. The first-order valence-electron chi connectivity index (χ1n) is 14.0. The van der Waals surface area contributed by atoms with Crippen LogP contribution >= 0.6 is 46.4 Å². The van der Waals surface area contributed by atoms with Gasteiger partial charge in [0.15, 0.2) is 0 Å². The van der Waals surface area contributed by atoms with Gasteiger partial charge in [-0.2, -0.15) is 0 Å². The summed E-state index contributed by atoms with van der Waals surface area (Å²) in [5.74, 6) is 0. The van der Waals surface area contributed by atoms with E-state index in [2.05, 4.69) is 44.2 Å². The number of hydrogen-bond acceptors (Lipinski definition) is 6. The van der Waals surface area contributed by atoms with E-state index >= 15 is 0 Å². The summed E-state index contributed by atoms with van der Waals surface area (Å²) in [5.41, 5.74) is 9.03. The van der Waals surface area contributed by atoms with E-state index in [1.165, 1.54) is 0 Å². The van der Waals surface area contributed by atoms with Crippen molar-refractivity contribution < 1.29 is 0 Å². The highest BCUT2D eigenvalue weighted by Gasteiger charge is 2.14. The molecule has 0 atom stereocenters. The average Bonchev–Trinajstić information content (AvgIpc) is 3.08. The van der Waals surface area contributed by atoms with Crippen molar-refractivity contribution in [2.24, 2.45) is 0 Å². The maximum atomic E-state index is 6.23. The summed E-state index contributed by atoms with van der Waals surface area (Å²) in [6, 6.07) is 38.0. The third kappa shape index (κ3) is 6.62. The molecule has 0 amide bonds. The molecule has 46 heavy (non-hydrogen) atoms. The lowest BCUT2D eigenvalue weighted by Gasteiger charge is -2.12. The van der Waals surface area contributed by atoms with Gasteiger partial charge in [-0.3, -0.25) is 0 Å². The largest absolute Gasteiger partial charge is 0.244 e. The zero-order valence-electron chi connectivity index (χ0n) is 23.7. The second-order valence-electron chi connectivity index (χ2n) is 10.2. The van der Waals surface area contributed by atoms with Crippen LogP contribution in [0.15, 0.2) is 121 Å². The van der Waals surface area contributed by atoms with Gasteiger partial charge in [-0.15, -0.1) is 0 Å². The lowest BCUT2D eigenvalue weighted by molar-refractivity contribution is 1.22. The predicted molar refractivity (Wildman–Crippen MR) is 186 cm³/mol. The van der Waals surface area contributed by atoms with Gasteiger partial charge in [-0.1, -0.05) is 94.9 Å². The van der Waals surface area contributed by atoms with Gasteiger partial charge in [0, 0.05) is 0 Å². The van der Waals surface area contributed by atoms with Crippen LogP contribution in [-0.4, -0.2) is 29.9 Å². The number of rotatable bonds is 6. The topological polar surface area (TPSA) is 77.3 Å². The Labute approximate surface area is 284 Å². The molecule has 0 spiro atoms. The van der Waals surface area contributed by atoms with E-state index in [1.807, 2.05) is 72.8 Å². The molecule has 0 unspecified atom stereocenters. The smallest absolute Gasteiger partial charge is 0.129 e. The molecule has 0 saturated carbocycles. The van der Waals surface area contributed by atoms with E-state index in [0.29, 0.717) is 66.2 Å². The van der Waals surface area contributed by atoms with Gasteiger partial charge in [0.1, 0.15) is 20.6 Å². The van der Waals surface area contributed by atoms with Gasteiger partial charge >= 0.3 is 0 Å². The Balaban J connectivity index is 1.32. The molecule has 0 saturated heterocycles. The minimum atomic E-state index is 0.383. The highest BCUT2D eigenvalue weighted by molar-refractivity contribution is 6.30. The number of aromatic nitrogens is 6. The van der Waals surface area contributed by atoms with Crippen molar-refractivity contribution in [3.8, 4) is 67.8 Å². The van der Waals surface area contributed by atoms with Gasteiger partial charge in [-0.05, 0) is 95.1 Å². The third-order valence-electron chi connectivity index (χ3n) is 7.11. The van der Waals surface area contributed by atoms with Gasteiger partial charge in [0.2, 0.25) is 0 Å². The van der Waals surface area contributed by atoms with E-state index in [-0.39, 0.29) is 0 Å². The molecule has 0 aliphatic rings. The Morgan fingerprint density at radius 1 is 0.261 bits per heavy atom. The second-order valence-corrected chi connectivity index (χ2v) is 11.8. The van der Waals surface area contributed by atoms with E-state index in [0.717, 1.165) is 22.3 Å². The molecular weight excluding hydrogens is 658 g/mol. The van der Waals surface area contributed by atoms with Crippen molar-refractivity contribution in [3.63, 3.8) is 0 Å². The predicted octanol–water partition coefficient (Wildman–Crippen LogP) is 10.7. The Hall–Kier alpha value is -4.72. The van der Waals surface area contributed by atoms with Crippen LogP contribution in [0.3, 0.4) is 0 Å². The molecule has 1 aromatic carbocycles. The number of nitrogens with zero attached hydrogens (tertiary/aromatic N) is 6. The normalized spacial score (nSPS) is 11.0. The monoisotopic (exact) mass is 676 g/mol. The van der Waals surface area contributed by atoms with Gasteiger partial charge in [0.05, 0.1) is 45.6 Å². The third-order valence-corrected chi connectivity index (χ3v) is 7.95. The summed E-state index contributed by atoms with van der Waals surface area (Å²) in [5, 5.41) is 1.53. The van der Waals surface area contributed by atoms with Crippen LogP contribution in [0.1, 0.15) is 0 Å². The summed E-state index contributed by atoms with van der Waals surface area (Å²) in [4.78, 5) is 27.7. The number of hydrogen-bond donors (Lipinski definition) is 0. The molecule has 0 aliphatic heterocycles. The van der Waals surface area contributed by atoms with E-state index in [9.17, 15) is 0 Å². The SMILES string of the molecule is Clc1cccc(-c2cc(-c3ccc(-c4cc(-c5cccc(Cl)n5)nc(-c5cccc(Cl)n5)c4)cc3)cc(-c3cccc(Cl)n3)n2)n1. The van der Waals surface area contributed by atoms with E-state index < -0.39 is 0 Å². The van der Waals surface area contributed by atoms with Crippen LogP contribution < -0.4 is 0 Å². The first-order valence-corrected chi connectivity index (χ1v) is 15.6. The number of benzene rings is 1. The van der Waals surface area contributed by atoms with E-state index in [4.69, 9.17) is 56.4 Å². The molecule has 0 fully saturated rings. The molecule has 0 aliphatic carbocycles. The quantitative estimate of drug-likeness (QED) is 0.163. The van der Waals surface area contributed by atoms with Crippen LogP contribution in [0, 0.1) is 0 Å². The highest BCUT2D eigenvalue weighted by atomic mass is 35.5. The van der Waals surface area contributed by atoms with Crippen LogP contribution in [0.5, 0.6) is 0 Å². The summed E-state index contributed by atoms with van der Waals surface area (Å²) < 4.78 is 0. The maximum Gasteiger partial charge on any atom is 0.129 e. The molecule has 222 valence electrons. The lowest BCUT2D eigenvalue weighted by atomic mass is 9.98. The van der Waals surface area contributed by atoms with Crippen molar-refractivity contribution in [2.45, 2.75) is 0 Å². The Kier molecular flexibility index (Phi) is 8.43. The lowest BCUT2D eigenvalue weighted by Crippen LogP contribution is -1.95. The van der Waals surface area contributed by atoms with Crippen LogP contribution in [0.25, 0.3) is 67.8 Å². The summed E-state index contributed by atoms with van der Waals surface area (Å²) in [6.07, 6.45) is 0. The minimum Gasteiger partial charge on any atom is -0.244 e. The molecular formula is C36H20Cl4N6. The molecule has 7 rings (SSSR count). The van der Waals surface area contributed by atoms with Crippen LogP contribution in [-0.2, 0) is 0 Å². The first kappa shape index (κ1) is 30.0. The summed E-state index contributed by atoms with van der Waals surface area (Å²) in [7, 11) is 0. The van der Waals surface area contributed by atoms with Crippen molar-refractivity contribution in [2.75, 3.05) is 0 Å². The Morgan fingerprint density at radius 2 is 0.522 bits per heavy atom. The molecule has 0 bridgehead atoms. The molecule has 6 nitrogen and oxygen atoms in total. The maximum absolute atomic E-state index is 6.23. The summed E-state index contributed by atoms with van der Waals surface area (Å²) >= 11 is 24.9. The second kappa shape index (κ2) is 12.9. The average molecular weight is 678 g/mol. The van der Waals surface area contributed by atoms with E-state index in [1.54, 1.807) is 24.3 Å². The molecule has 10 heteroatoms. The van der Waals surface area contributed by atoms with Gasteiger partial charge in [0.25, 0.3) is 0 Å². The van der Waals surface area contributed by atoms with Crippen molar-refractivity contribution in [1.82, 2.24) is 29.9 Å². The van der Waals surface area contributed by atoms with Crippen molar-refractivity contribution in [1.29, 1.82) is 0 Å². The fraction of sp³-hybridized carbons (Fsp3) is 0.